The minimum atomic E-state index is -0.442. The number of oxazole rings is 1. The van der Waals surface area contributed by atoms with Gasteiger partial charge in [0.05, 0.1) is 5.69 Å². The summed E-state index contributed by atoms with van der Waals surface area (Å²) in [4.78, 5) is 16.1. The molecule has 2 aromatic carbocycles. The van der Waals surface area contributed by atoms with E-state index in [9.17, 15) is 9.18 Å². The van der Waals surface area contributed by atoms with E-state index in [0.29, 0.717) is 11.0 Å². The Labute approximate surface area is 130 Å². The fraction of sp³-hybridized carbons (Fsp3) is 0.125. The van der Waals surface area contributed by atoms with Crippen LogP contribution in [0.3, 0.4) is 0 Å². The normalized spacial score (nSPS) is 10.8. The van der Waals surface area contributed by atoms with Gasteiger partial charge in [-0.1, -0.05) is 36.0 Å². The van der Waals surface area contributed by atoms with E-state index in [2.05, 4.69) is 10.3 Å². The van der Waals surface area contributed by atoms with E-state index >= 15 is 0 Å². The zero-order valence-electron chi connectivity index (χ0n) is 11.6. The third-order valence-electron chi connectivity index (χ3n) is 2.98. The van der Waals surface area contributed by atoms with Crippen LogP contribution in [0.4, 0.5) is 10.1 Å². The molecule has 1 N–H and O–H groups in total. The molecule has 0 aliphatic carbocycles. The summed E-state index contributed by atoms with van der Waals surface area (Å²) in [5, 5.41) is 3.07. The molecule has 0 saturated carbocycles. The number of carbonyl (C=O) groups excluding carboxylic acids is 1. The maximum atomic E-state index is 13.4. The van der Waals surface area contributed by atoms with Gasteiger partial charge >= 0.3 is 0 Å². The molecule has 0 radical (unpaired) electrons. The molecule has 22 heavy (non-hydrogen) atoms. The fourth-order valence-corrected chi connectivity index (χ4v) is 2.69. The number of fused-ring (bicyclic) bond motifs is 1. The molecule has 1 amide bonds. The number of nitrogens with zero attached hydrogens (tertiary/aromatic N) is 1. The molecule has 0 atom stereocenters. The maximum absolute atomic E-state index is 13.4. The fourth-order valence-electron chi connectivity index (χ4n) is 1.92. The topological polar surface area (TPSA) is 55.1 Å². The number of hydrogen-bond acceptors (Lipinski definition) is 4. The highest BCUT2D eigenvalue weighted by Crippen LogP contribution is 2.23. The second-order valence-electron chi connectivity index (χ2n) is 4.57. The van der Waals surface area contributed by atoms with Crippen molar-refractivity contribution in [2.45, 2.75) is 11.6 Å². The first-order chi connectivity index (χ1) is 10.7. The Morgan fingerprint density at radius 2 is 1.95 bits per heavy atom. The van der Waals surface area contributed by atoms with Crippen molar-refractivity contribution in [3.8, 4) is 0 Å². The zero-order chi connectivity index (χ0) is 15.4. The van der Waals surface area contributed by atoms with Crippen molar-refractivity contribution in [3.63, 3.8) is 0 Å². The van der Waals surface area contributed by atoms with Gasteiger partial charge in [-0.15, -0.1) is 0 Å². The van der Waals surface area contributed by atoms with Crippen LogP contribution in [-0.4, -0.2) is 16.6 Å². The van der Waals surface area contributed by atoms with E-state index in [1.165, 1.54) is 23.9 Å². The van der Waals surface area contributed by atoms with Gasteiger partial charge in [0.2, 0.25) is 5.91 Å². The average Bonchev–Trinajstić information content (AvgIpc) is 2.92. The number of carbonyl (C=O) groups is 1. The molecule has 0 fully saturated rings. The van der Waals surface area contributed by atoms with Gasteiger partial charge < -0.3 is 9.73 Å². The van der Waals surface area contributed by atoms with E-state index in [4.69, 9.17) is 4.42 Å². The van der Waals surface area contributed by atoms with Crippen molar-refractivity contribution in [3.05, 3.63) is 54.3 Å². The van der Waals surface area contributed by atoms with Gasteiger partial charge in [0.1, 0.15) is 11.3 Å². The van der Waals surface area contributed by atoms with E-state index < -0.39 is 5.82 Å². The molecule has 1 heterocycles. The maximum Gasteiger partial charge on any atom is 0.256 e. The number of para-hydroxylation sites is 3. The molecule has 3 rings (SSSR count). The van der Waals surface area contributed by atoms with Crippen LogP contribution in [0.2, 0.25) is 0 Å². The lowest BCUT2D eigenvalue weighted by atomic mass is 10.3. The predicted molar refractivity (Wildman–Crippen MR) is 84.4 cm³/mol. The van der Waals surface area contributed by atoms with Gasteiger partial charge in [0, 0.05) is 12.2 Å². The summed E-state index contributed by atoms with van der Waals surface area (Å²) in [6, 6.07) is 13.6. The molecule has 3 aromatic rings. The predicted octanol–water partition coefficient (Wildman–Crippen LogP) is 4.09. The number of rotatable bonds is 5. The molecule has 1 aromatic heterocycles. The molecule has 0 unspecified atom stereocenters. The molecule has 0 saturated heterocycles. The summed E-state index contributed by atoms with van der Waals surface area (Å²) in [6.07, 6.45) is 0.248. The van der Waals surface area contributed by atoms with Crippen molar-refractivity contribution in [2.24, 2.45) is 0 Å². The molecule has 0 bridgehead atoms. The van der Waals surface area contributed by atoms with Gasteiger partial charge in [0.25, 0.3) is 5.22 Å². The lowest BCUT2D eigenvalue weighted by Crippen LogP contribution is -2.13. The Bertz CT molecular complexity index is 770. The molecule has 0 aliphatic rings. The smallest absolute Gasteiger partial charge is 0.256 e. The van der Waals surface area contributed by atoms with E-state index in [-0.39, 0.29) is 18.0 Å². The number of amides is 1. The number of benzene rings is 2. The lowest BCUT2D eigenvalue weighted by molar-refractivity contribution is -0.115. The second-order valence-corrected chi connectivity index (χ2v) is 5.62. The minimum absolute atomic E-state index is 0.194. The highest BCUT2D eigenvalue weighted by Gasteiger charge is 2.09. The number of aromatic nitrogens is 1. The van der Waals surface area contributed by atoms with Gasteiger partial charge in [-0.25, -0.2) is 9.37 Å². The molecule has 112 valence electrons. The van der Waals surface area contributed by atoms with Gasteiger partial charge in [-0.05, 0) is 24.3 Å². The van der Waals surface area contributed by atoms with Crippen molar-refractivity contribution in [1.82, 2.24) is 4.98 Å². The van der Waals surface area contributed by atoms with Crippen molar-refractivity contribution in [2.75, 3.05) is 11.1 Å². The van der Waals surface area contributed by atoms with Gasteiger partial charge in [0.15, 0.2) is 5.58 Å². The Hall–Kier alpha value is -2.34. The average molecular weight is 316 g/mol. The monoisotopic (exact) mass is 316 g/mol. The van der Waals surface area contributed by atoms with Crippen LogP contribution in [0.25, 0.3) is 11.1 Å². The molecular weight excluding hydrogens is 303 g/mol. The first-order valence-electron chi connectivity index (χ1n) is 6.75. The Morgan fingerprint density at radius 1 is 1.18 bits per heavy atom. The summed E-state index contributed by atoms with van der Waals surface area (Å²) in [6.45, 7) is 0. The third kappa shape index (κ3) is 3.46. The summed E-state index contributed by atoms with van der Waals surface area (Å²) in [5.74, 6) is -0.177. The second kappa shape index (κ2) is 6.62. The summed E-state index contributed by atoms with van der Waals surface area (Å²) < 4.78 is 19.0. The number of nitrogens with one attached hydrogen (secondary N) is 1. The Morgan fingerprint density at radius 3 is 2.77 bits per heavy atom. The van der Waals surface area contributed by atoms with Crippen LogP contribution >= 0.6 is 11.8 Å². The van der Waals surface area contributed by atoms with Crippen LogP contribution in [0, 0.1) is 5.82 Å². The standard InChI is InChI=1S/C16H13FN2O2S/c17-11-5-1-2-6-12(11)18-15(20)9-10-22-16-19-13-7-3-4-8-14(13)21-16/h1-8H,9-10H2,(H,18,20). The van der Waals surface area contributed by atoms with Crippen molar-refractivity contribution in [1.29, 1.82) is 0 Å². The first-order valence-corrected chi connectivity index (χ1v) is 7.74. The number of halogens is 1. The molecule has 4 nitrogen and oxygen atoms in total. The number of hydrogen-bond donors (Lipinski definition) is 1. The summed E-state index contributed by atoms with van der Waals surface area (Å²) >= 11 is 1.36. The Balaban J connectivity index is 1.52. The molecular formula is C16H13FN2O2S. The van der Waals surface area contributed by atoms with Gasteiger partial charge in [-0.3, -0.25) is 4.79 Å². The van der Waals surface area contributed by atoms with Crippen LogP contribution in [0.15, 0.2) is 58.2 Å². The highest BCUT2D eigenvalue weighted by molar-refractivity contribution is 7.99. The van der Waals surface area contributed by atoms with E-state index in [0.717, 1.165) is 11.1 Å². The quantitative estimate of drug-likeness (QED) is 0.720. The van der Waals surface area contributed by atoms with E-state index in [1.807, 2.05) is 24.3 Å². The van der Waals surface area contributed by atoms with Crippen LogP contribution < -0.4 is 5.32 Å². The minimum Gasteiger partial charge on any atom is -0.431 e. The summed E-state index contributed by atoms with van der Waals surface area (Å²) in [5.41, 5.74) is 1.71. The number of thioether (sulfide) groups is 1. The summed E-state index contributed by atoms with van der Waals surface area (Å²) in [7, 11) is 0. The highest BCUT2D eigenvalue weighted by atomic mass is 32.2. The zero-order valence-corrected chi connectivity index (χ0v) is 12.4. The van der Waals surface area contributed by atoms with E-state index in [1.54, 1.807) is 12.1 Å². The van der Waals surface area contributed by atoms with Crippen LogP contribution in [0.5, 0.6) is 0 Å². The van der Waals surface area contributed by atoms with Crippen LogP contribution in [-0.2, 0) is 4.79 Å². The largest absolute Gasteiger partial charge is 0.431 e. The molecule has 6 heteroatoms. The van der Waals surface area contributed by atoms with Crippen molar-refractivity contribution < 1.29 is 13.6 Å². The molecule has 0 spiro atoms. The molecule has 0 aliphatic heterocycles. The first kappa shape index (κ1) is 14.6. The third-order valence-corrected chi connectivity index (χ3v) is 3.81. The number of anilines is 1. The van der Waals surface area contributed by atoms with Crippen LogP contribution in [0.1, 0.15) is 6.42 Å². The lowest BCUT2D eigenvalue weighted by Gasteiger charge is -2.05. The van der Waals surface area contributed by atoms with Crippen molar-refractivity contribution >= 4 is 34.5 Å². The Kier molecular flexibility index (Phi) is 4.39. The SMILES string of the molecule is O=C(CCSc1nc2ccccc2o1)Nc1ccccc1F. The van der Waals surface area contributed by atoms with Gasteiger partial charge in [-0.2, -0.15) is 0 Å².